The minimum atomic E-state index is -0.305. The molecular weight excluding hydrogens is 281 g/mol. The fourth-order valence-electron chi connectivity index (χ4n) is 2.51. The van der Waals surface area contributed by atoms with Crippen molar-refractivity contribution in [1.82, 2.24) is 9.55 Å². The van der Waals surface area contributed by atoms with Crippen LogP contribution in [0.2, 0.25) is 0 Å². The van der Waals surface area contributed by atoms with E-state index in [2.05, 4.69) is 4.98 Å². The van der Waals surface area contributed by atoms with E-state index in [1.165, 1.54) is 12.1 Å². The second kappa shape index (κ2) is 5.77. The van der Waals surface area contributed by atoms with E-state index in [9.17, 15) is 4.39 Å². The standard InChI is InChI=1S/C17H18FN3O/c1-3-22-14-7-5-13(6-8-14)21-16-9-4-12(18)10-15(16)20-17(21)11(2)19/h4-11H,3,19H2,1-2H3/t11-/m1/s1. The number of nitrogens with two attached hydrogens (primary N) is 1. The van der Waals surface area contributed by atoms with Gasteiger partial charge >= 0.3 is 0 Å². The van der Waals surface area contributed by atoms with Crippen molar-refractivity contribution in [2.24, 2.45) is 5.73 Å². The largest absolute Gasteiger partial charge is 0.494 e. The van der Waals surface area contributed by atoms with Crippen molar-refractivity contribution in [2.75, 3.05) is 6.61 Å². The molecule has 0 saturated carbocycles. The summed E-state index contributed by atoms with van der Waals surface area (Å²) in [7, 11) is 0. The van der Waals surface area contributed by atoms with Gasteiger partial charge < -0.3 is 10.5 Å². The van der Waals surface area contributed by atoms with Gasteiger partial charge in [0.05, 0.1) is 23.7 Å². The fourth-order valence-corrected chi connectivity index (χ4v) is 2.51. The smallest absolute Gasteiger partial charge is 0.131 e. The van der Waals surface area contributed by atoms with Crippen molar-refractivity contribution in [3.8, 4) is 11.4 Å². The van der Waals surface area contributed by atoms with Gasteiger partial charge in [-0.25, -0.2) is 9.37 Å². The maximum atomic E-state index is 13.4. The first-order chi connectivity index (χ1) is 10.6. The number of hydrogen-bond acceptors (Lipinski definition) is 3. The molecule has 0 saturated heterocycles. The van der Waals surface area contributed by atoms with E-state index in [-0.39, 0.29) is 11.9 Å². The lowest BCUT2D eigenvalue weighted by molar-refractivity contribution is 0.340. The average Bonchev–Trinajstić information content (AvgIpc) is 2.87. The SMILES string of the molecule is CCOc1ccc(-n2c([C@@H](C)N)nc3cc(F)ccc32)cc1. The summed E-state index contributed by atoms with van der Waals surface area (Å²) in [4.78, 5) is 4.47. The van der Waals surface area contributed by atoms with E-state index in [1.807, 2.05) is 42.7 Å². The van der Waals surface area contributed by atoms with Gasteiger partial charge in [-0.1, -0.05) is 0 Å². The molecule has 0 fully saturated rings. The molecule has 114 valence electrons. The quantitative estimate of drug-likeness (QED) is 0.801. The summed E-state index contributed by atoms with van der Waals surface area (Å²) in [5, 5.41) is 0. The maximum Gasteiger partial charge on any atom is 0.131 e. The second-order valence-corrected chi connectivity index (χ2v) is 5.15. The predicted molar refractivity (Wildman–Crippen MR) is 84.8 cm³/mol. The summed E-state index contributed by atoms with van der Waals surface area (Å²) in [5.74, 6) is 1.20. The number of benzene rings is 2. The number of imidazole rings is 1. The highest BCUT2D eigenvalue weighted by Crippen LogP contribution is 2.26. The lowest BCUT2D eigenvalue weighted by atomic mass is 10.2. The van der Waals surface area contributed by atoms with Crippen LogP contribution in [0.4, 0.5) is 4.39 Å². The van der Waals surface area contributed by atoms with Gasteiger partial charge in [-0.05, 0) is 50.2 Å². The van der Waals surface area contributed by atoms with Crippen LogP contribution in [0.3, 0.4) is 0 Å². The van der Waals surface area contributed by atoms with Crippen LogP contribution in [-0.4, -0.2) is 16.2 Å². The van der Waals surface area contributed by atoms with Crippen molar-refractivity contribution >= 4 is 11.0 Å². The Bertz CT molecular complexity index is 794. The van der Waals surface area contributed by atoms with Crippen LogP contribution in [0.5, 0.6) is 5.75 Å². The molecule has 3 rings (SSSR count). The molecule has 0 aliphatic rings. The average molecular weight is 299 g/mol. The van der Waals surface area contributed by atoms with Crippen molar-refractivity contribution < 1.29 is 9.13 Å². The predicted octanol–water partition coefficient (Wildman–Crippen LogP) is 3.58. The van der Waals surface area contributed by atoms with Gasteiger partial charge in [0.25, 0.3) is 0 Å². The third-order valence-electron chi connectivity index (χ3n) is 3.46. The van der Waals surface area contributed by atoms with Crippen LogP contribution in [-0.2, 0) is 0 Å². The topological polar surface area (TPSA) is 53.1 Å². The first-order valence-electron chi connectivity index (χ1n) is 7.27. The van der Waals surface area contributed by atoms with Gasteiger partial charge in [-0.3, -0.25) is 4.57 Å². The molecule has 2 N–H and O–H groups in total. The van der Waals surface area contributed by atoms with Crippen molar-refractivity contribution in [2.45, 2.75) is 19.9 Å². The highest BCUT2D eigenvalue weighted by molar-refractivity contribution is 5.78. The molecular formula is C17H18FN3O. The van der Waals surface area contributed by atoms with Crippen molar-refractivity contribution in [1.29, 1.82) is 0 Å². The van der Waals surface area contributed by atoms with Crippen LogP contribution >= 0.6 is 0 Å². The van der Waals surface area contributed by atoms with Gasteiger partial charge in [-0.15, -0.1) is 0 Å². The number of aromatic nitrogens is 2. The molecule has 5 heteroatoms. The fraction of sp³-hybridized carbons (Fsp3) is 0.235. The summed E-state index contributed by atoms with van der Waals surface area (Å²) >= 11 is 0. The molecule has 3 aromatic rings. The first-order valence-corrected chi connectivity index (χ1v) is 7.27. The molecule has 22 heavy (non-hydrogen) atoms. The number of hydrogen-bond donors (Lipinski definition) is 1. The zero-order chi connectivity index (χ0) is 15.7. The summed E-state index contributed by atoms with van der Waals surface area (Å²) in [5.41, 5.74) is 8.38. The van der Waals surface area contributed by atoms with Gasteiger partial charge in [0.1, 0.15) is 17.4 Å². The number of ether oxygens (including phenoxy) is 1. The van der Waals surface area contributed by atoms with E-state index in [0.29, 0.717) is 17.9 Å². The maximum absolute atomic E-state index is 13.4. The normalized spacial score (nSPS) is 12.5. The number of rotatable bonds is 4. The van der Waals surface area contributed by atoms with Crippen molar-refractivity contribution in [3.05, 3.63) is 54.1 Å². The van der Waals surface area contributed by atoms with Gasteiger partial charge in [0.15, 0.2) is 0 Å². The second-order valence-electron chi connectivity index (χ2n) is 5.15. The zero-order valence-corrected chi connectivity index (χ0v) is 12.6. The van der Waals surface area contributed by atoms with E-state index in [4.69, 9.17) is 10.5 Å². The Hall–Kier alpha value is -2.40. The molecule has 1 atom stereocenters. The summed E-state index contributed by atoms with van der Waals surface area (Å²) in [6.45, 7) is 4.43. The molecule has 0 amide bonds. The molecule has 0 radical (unpaired) electrons. The lowest BCUT2D eigenvalue weighted by Crippen LogP contribution is -2.12. The Labute approximate surface area is 128 Å². The van der Waals surface area contributed by atoms with E-state index >= 15 is 0 Å². The Balaban J connectivity index is 2.17. The Morgan fingerprint density at radius 3 is 2.59 bits per heavy atom. The Morgan fingerprint density at radius 1 is 1.23 bits per heavy atom. The Morgan fingerprint density at radius 2 is 1.95 bits per heavy atom. The van der Waals surface area contributed by atoms with Gasteiger partial charge in [-0.2, -0.15) is 0 Å². The molecule has 2 aromatic carbocycles. The molecule has 0 aliphatic heterocycles. The zero-order valence-electron chi connectivity index (χ0n) is 12.6. The van der Waals surface area contributed by atoms with Crippen LogP contribution in [0.1, 0.15) is 25.7 Å². The van der Waals surface area contributed by atoms with Crippen LogP contribution in [0.25, 0.3) is 16.7 Å². The monoisotopic (exact) mass is 299 g/mol. The molecule has 1 heterocycles. The summed E-state index contributed by atoms with van der Waals surface area (Å²) in [6, 6.07) is 12.0. The molecule has 0 spiro atoms. The minimum Gasteiger partial charge on any atom is -0.494 e. The van der Waals surface area contributed by atoms with Gasteiger partial charge in [0, 0.05) is 11.8 Å². The Kier molecular flexibility index (Phi) is 3.81. The van der Waals surface area contributed by atoms with Crippen LogP contribution in [0.15, 0.2) is 42.5 Å². The number of nitrogens with zero attached hydrogens (tertiary/aromatic N) is 2. The number of fused-ring (bicyclic) bond motifs is 1. The highest BCUT2D eigenvalue weighted by atomic mass is 19.1. The molecule has 0 aliphatic carbocycles. The van der Waals surface area contributed by atoms with E-state index in [1.54, 1.807) is 6.07 Å². The van der Waals surface area contributed by atoms with Crippen LogP contribution < -0.4 is 10.5 Å². The molecule has 0 unspecified atom stereocenters. The molecule has 1 aromatic heterocycles. The summed E-state index contributed by atoms with van der Waals surface area (Å²) < 4.78 is 20.8. The lowest BCUT2D eigenvalue weighted by Gasteiger charge is -2.12. The third-order valence-corrected chi connectivity index (χ3v) is 3.46. The van der Waals surface area contributed by atoms with Crippen LogP contribution in [0, 0.1) is 5.82 Å². The third kappa shape index (κ3) is 2.55. The highest BCUT2D eigenvalue weighted by Gasteiger charge is 2.16. The minimum absolute atomic E-state index is 0.262. The van der Waals surface area contributed by atoms with Gasteiger partial charge in [0.2, 0.25) is 0 Å². The molecule has 4 nitrogen and oxygen atoms in total. The summed E-state index contributed by atoms with van der Waals surface area (Å²) in [6.07, 6.45) is 0. The van der Waals surface area contributed by atoms with E-state index in [0.717, 1.165) is 17.0 Å². The van der Waals surface area contributed by atoms with Crippen molar-refractivity contribution in [3.63, 3.8) is 0 Å². The number of halogens is 1. The van der Waals surface area contributed by atoms with E-state index < -0.39 is 0 Å². The molecule has 0 bridgehead atoms. The first kappa shape index (κ1) is 14.5.